The molecule has 0 spiro atoms. The maximum atomic E-state index is 13.8. The number of carbonyl (C=O) groups excluding carboxylic acids is 2. The van der Waals surface area contributed by atoms with Crippen LogP contribution in [0, 0.1) is 17.8 Å². The SMILES string of the molecule is CC(C)OC(=O)C(F)CCCCCCN(C(N)=O)C12CC3CC(CC(C3)C1)C2. The summed E-state index contributed by atoms with van der Waals surface area (Å²) in [6.45, 7) is 4.15. The van der Waals surface area contributed by atoms with E-state index in [1.807, 2.05) is 4.90 Å². The molecule has 2 amide bonds. The zero-order valence-corrected chi connectivity index (χ0v) is 17.5. The maximum Gasteiger partial charge on any atom is 0.340 e. The number of amides is 2. The van der Waals surface area contributed by atoms with E-state index in [1.165, 1.54) is 19.3 Å². The van der Waals surface area contributed by atoms with Gasteiger partial charge in [-0.2, -0.15) is 0 Å². The second-order valence-electron chi connectivity index (χ2n) is 9.79. The fraction of sp³-hybridized carbons (Fsp3) is 0.909. The van der Waals surface area contributed by atoms with Crippen LogP contribution in [-0.4, -0.2) is 41.3 Å². The van der Waals surface area contributed by atoms with Gasteiger partial charge in [-0.1, -0.05) is 12.8 Å². The third kappa shape index (κ3) is 4.98. The van der Waals surface area contributed by atoms with E-state index < -0.39 is 12.1 Å². The highest BCUT2D eigenvalue weighted by Gasteiger charge is 2.54. The van der Waals surface area contributed by atoms with Crippen LogP contribution in [0.25, 0.3) is 0 Å². The molecule has 0 saturated heterocycles. The zero-order chi connectivity index (χ0) is 20.3. The van der Waals surface area contributed by atoms with Gasteiger partial charge in [0.05, 0.1) is 6.10 Å². The second-order valence-corrected chi connectivity index (χ2v) is 9.79. The lowest BCUT2D eigenvalue weighted by molar-refractivity contribution is -0.153. The summed E-state index contributed by atoms with van der Waals surface area (Å²) in [5, 5.41) is 0. The molecule has 0 aromatic carbocycles. The first-order valence-corrected chi connectivity index (χ1v) is 11.2. The van der Waals surface area contributed by atoms with E-state index in [1.54, 1.807) is 13.8 Å². The summed E-state index contributed by atoms with van der Waals surface area (Å²) in [6, 6.07) is -0.276. The average molecular weight is 397 g/mol. The zero-order valence-electron chi connectivity index (χ0n) is 17.5. The van der Waals surface area contributed by atoms with Gasteiger partial charge in [0.25, 0.3) is 0 Å². The molecule has 4 aliphatic carbocycles. The molecule has 4 rings (SSSR count). The number of halogens is 1. The van der Waals surface area contributed by atoms with Gasteiger partial charge in [-0.25, -0.2) is 14.0 Å². The number of alkyl halides is 1. The van der Waals surface area contributed by atoms with E-state index in [0.717, 1.165) is 56.3 Å². The monoisotopic (exact) mass is 396 g/mol. The van der Waals surface area contributed by atoms with Gasteiger partial charge in [0, 0.05) is 12.1 Å². The van der Waals surface area contributed by atoms with Crippen molar-refractivity contribution < 1.29 is 18.7 Å². The molecule has 0 aromatic rings. The molecule has 6 heteroatoms. The normalized spacial score (nSPS) is 31.8. The van der Waals surface area contributed by atoms with E-state index in [4.69, 9.17) is 10.5 Å². The Hall–Kier alpha value is -1.33. The second kappa shape index (κ2) is 9.00. The van der Waals surface area contributed by atoms with Crippen molar-refractivity contribution in [3.63, 3.8) is 0 Å². The highest BCUT2D eigenvalue weighted by Crippen LogP contribution is 2.57. The first-order valence-electron chi connectivity index (χ1n) is 11.2. The number of ether oxygens (including phenoxy) is 1. The third-order valence-corrected chi connectivity index (χ3v) is 7.04. The molecular weight excluding hydrogens is 359 g/mol. The number of nitrogens with zero attached hydrogens (tertiary/aromatic N) is 1. The van der Waals surface area contributed by atoms with Gasteiger partial charge in [-0.3, -0.25) is 0 Å². The standard InChI is InChI=1S/C22H37FN2O3/c1-15(2)28-20(26)19(23)7-5-3-4-6-8-25(21(24)27)22-12-16-9-17(13-22)11-18(10-16)14-22/h15-19H,3-14H2,1-2H3,(H2,24,27). The molecule has 28 heavy (non-hydrogen) atoms. The molecule has 1 unspecified atom stereocenters. The van der Waals surface area contributed by atoms with Gasteiger partial charge in [0.1, 0.15) is 0 Å². The van der Waals surface area contributed by atoms with E-state index in [-0.39, 0.29) is 24.1 Å². The number of primary amides is 1. The Balaban J connectivity index is 1.39. The molecule has 0 aromatic heterocycles. The molecule has 0 radical (unpaired) electrons. The fourth-order valence-corrected chi connectivity index (χ4v) is 6.35. The van der Waals surface area contributed by atoms with Gasteiger partial charge in [0.2, 0.25) is 0 Å². The molecule has 4 fully saturated rings. The van der Waals surface area contributed by atoms with Crippen molar-refractivity contribution in [1.82, 2.24) is 4.90 Å². The molecule has 0 aliphatic heterocycles. The highest BCUT2D eigenvalue weighted by atomic mass is 19.1. The summed E-state index contributed by atoms with van der Waals surface area (Å²) in [5.41, 5.74) is 5.80. The molecular formula is C22H37FN2O3. The van der Waals surface area contributed by atoms with Crippen LogP contribution in [-0.2, 0) is 9.53 Å². The first-order chi connectivity index (χ1) is 13.3. The number of urea groups is 1. The number of nitrogens with two attached hydrogens (primary N) is 1. The van der Waals surface area contributed by atoms with Crippen LogP contribution >= 0.6 is 0 Å². The lowest BCUT2D eigenvalue weighted by Crippen LogP contribution is -2.62. The van der Waals surface area contributed by atoms with Crippen molar-refractivity contribution in [2.45, 2.75) is 102 Å². The minimum absolute atomic E-state index is 0.00518. The summed E-state index contributed by atoms with van der Waals surface area (Å²) in [4.78, 5) is 25.7. The van der Waals surface area contributed by atoms with Crippen LogP contribution in [0.15, 0.2) is 0 Å². The average Bonchev–Trinajstić information content (AvgIpc) is 2.58. The van der Waals surface area contributed by atoms with Crippen molar-refractivity contribution in [3.8, 4) is 0 Å². The van der Waals surface area contributed by atoms with Gasteiger partial charge >= 0.3 is 12.0 Å². The summed E-state index contributed by atoms with van der Waals surface area (Å²) in [6.07, 6.45) is 9.12. The number of rotatable bonds is 10. The van der Waals surface area contributed by atoms with Gasteiger partial charge < -0.3 is 15.4 Å². The summed E-state index contributed by atoms with van der Waals surface area (Å²) in [7, 11) is 0. The Labute approximate surface area is 168 Å². The number of carbonyl (C=O) groups is 2. The molecule has 0 heterocycles. The molecule has 1 atom stereocenters. The third-order valence-electron chi connectivity index (χ3n) is 7.04. The van der Waals surface area contributed by atoms with Gasteiger partial charge in [0.15, 0.2) is 6.17 Å². The predicted molar refractivity (Wildman–Crippen MR) is 106 cm³/mol. The van der Waals surface area contributed by atoms with Crippen LogP contribution in [0.2, 0.25) is 0 Å². The van der Waals surface area contributed by atoms with E-state index in [0.29, 0.717) is 13.0 Å². The minimum Gasteiger partial charge on any atom is -0.461 e. The van der Waals surface area contributed by atoms with Crippen molar-refractivity contribution in [2.24, 2.45) is 23.5 Å². The Kier molecular flexibility index (Phi) is 6.87. The molecule has 160 valence electrons. The van der Waals surface area contributed by atoms with E-state index >= 15 is 0 Å². The van der Waals surface area contributed by atoms with Crippen molar-refractivity contribution in [2.75, 3.05) is 6.54 Å². The number of hydrogen-bond donors (Lipinski definition) is 1. The fourth-order valence-electron chi connectivity index (χ4n) is 6.35. The van der Waals surface area contributed by atoms with Crippen LogP contribution in [0.3, 0.4) is 0 Å². The Bertz CT molecular complexity index is 531. The molecule has 4 saturated carbocycles. The smallest absolute Gasteiger partial charge is 0.340 e. The van der Waals surface area contributed by atoms with Crippen LogP contribution in [0.5, 0.6) is 0 Å². The predicted octanol–water partition coefficient (Wildman–Crippen LogP) is 4.58. The van der Waals surface area contributed by atoms with E-state index in [9.17, 15) is 14.0 Å². The summed E-state index contributed by atoms with van der Waals surface area (Å²) >= 11 is 0. The Morgan fingerprint density at radius 2 is 1.57 bits per heavy atom. The van der Waals surface area contributed by atoms with Crippen molar-refractivity contribution in [3.05, 3.63) is 0 Å². The number of hydrogen-bond acceptors (Lipinski definition) is 3. The Morgan fingerprint density at radius 1 is 1.04 bits per heavy atom. The largest absolute Gasteiger partial charge is 0.461 e. The molecule has 2 N–H and O–H groups in total. The van der Waals surface area contributed by atoms with Crippen molar-refractivity contribution in [1.29, 1.82) is 0 Å². The molecule has 5 nitrogen and oxygen atoms in total. The molecule has 4 bridgehead atoms. The maximum absolute atomic E-state index is 13.8. The summed E-state index contributed by atoms with van der Waals surface area (Å²) < 4.78 is 18.7. The van der Waals surface area contributed by atoms with Gasteiger partial charge in [-0.15, -0.1) is 0 Å². The number of unbranched alkanes of at least 4 members (excludes halogenated alkanes) is 3. The lowest BCUT2D eigenvalue weighted by Gasteiger charge is -2.60. The van der Waals surface area contributed by atoms with Crippen molar-refractivity contribution >= 4 is 12.0 Å². The topological polar surface area (TPSA) is 72.6 Å². The molecule has 4 aliphatic rings. The van der Waals surface area contributed by atoms with E-state index in [2.05, 4.69) is 0 Å². The van der Waals surface area contributed by atoms with Crippen LogP contribution < -0.4 is 5.73 Å². The first kappa shape index (κ1) is 21.4. The minimum atomic E-state index is -1.53. The van der Waals surface area contributed by atoms with Crippen LogP contribution in [0.4, 0.5) is 9.18 Å². The lowest BCUT2D eigenvalue weighted by atomic mass is 9.52. The number of esters is 1. The Morgan fingerprint density at radius 3 is 2.07 bits per heavy atom. The van der Waals surface area contributed by atoms with Gasteiger partial charge in [-0.05, 0) is 89.4 Å². The quantitative estimate of drug-likeness (QED) is 0.434. The van der Waals surface area contributed by atoms with Crippen LogP contribution in [0.1, 0.15) is 84.5 Å². The highest BCUT2D eigenvalue weighted by molar-refractivity contribution is 5.74. The summed E-state index contributed by atoms with van der Waals surface area (Å²) in [5.74, 6) is 1.58.